The molecular weight excluding hydrogens is 469 g/mol. The fraction of sp³-hybridized carbons (Fsp3) is 0.700. The Morgan fingerprint density at radius 2 is 2.07 bits per heavy atom. The molecule has 28 heavy (non-hydrogen) atoms. The highest BCUT2D eigenvalue weighted by atomic mass is 127. The minimum Gasteiger partial charge on any atom is -0.496 e. The molecule has 158 valence electrons. The molecule has 3 heterocycles. The molecule has 1 atom stereocenters. The number of halogens is 1. The summed E-state index contributed by atoms with van der Waals surface area (Å²) in [5, 5.41) is 3.45. The Kier molecular flexibility index (Phi) is 9.23. The van der Waals surface area contributed by atoms with Gasteiger partial charge in [-0.2, -0.15) is 0 Å². The van der Waals surface area contributed by atoms with Crippen molar-refractivity contribution in [1.82, 2.24) is 20.1 Å². The van der Waals surface area contributed by atoms with Gasteiger partial charge in [0.25, 0.3) is 0 Å². The fourth-order valence-corrected chi connectivity index (χ4v) is 3.98. The average molecular weight is 503 g/mol. The van der Waals surface area contributed by atoms with E-state index < -0.39 is 0 Å². The Morgan fingerprint density at radius 3 is 2.75 bits per heavy atom. The van der Waals surface area contributed by atoms with E-state index in [0.29, 0.717) is 12.6 Å². The second-order valence-corrected chi connectivity index (χ2v) is 7.25. The number of methoxy groups -OCH3 is 1. The molecule has 0 aliphatic carbocycles. The minimum absolute atomic E-state index is 0. The summed E-state index contributed by atoms with van der Waals surface area (Å²) in [4.78, 5) is 14.4. The molecule has 0 amide bonds. The van der Waals surface area contributed by atoms with Gasteiger partial charge in [0.2, 0.25) is 0 Å². The highest BCUT2D eigenvalue weighted by Gasteiger charge is 2.30. The van der Waals surface area contributed by atoms with Crippen molar-refractivity contribution in [2.24, 2.45) is 4.99 Å². The maximum absolute atomic E-state index is 5.52. The van der Waals surface area contributed by atoms with Crippen LogP contribution in [0.4, 0.5) is 0 Å². The molecule has 0 bridgehead atoms. The number of guanidine groups is 1. The molecule has 0 spiro atoms. The molecule has 3 rings (SSSR count). The van der Waals surface area contributed by atoms with E-state index in [-0.39, 0.29) is 24.0 Å². The predicted molar refractivity (Wildman–Crippen MR) is 123 cm³/mol. The lowest BCUT2D eigenvalue weighted by Gasteiger charge is -2.32. The Bertz CT molecular complexity index is 664. The number of nitrogens with zero attached hydrogens (tertiary/aromatic N) is 4. The Hall–Kier alpha value is -1.13. The number of ether oxygens (including phenoxy) is 2. The lowest BCUT2D eigenvalue weighted by atomic mass is 10.1. The van der Waals surface area contributed by atoms with E-state index in [4.69, 9.17) is 14.5 Å². The number of aromatic nitrogens is 1. The molecule has 1 unspecified atom stereocenters. The van der Waals surface area contributed by atoms with Gasteiger partial charge in [-0.15, -0.1) is 24.0 Å². The molecule has 1 N–H and O–H groups in total. The van der Waals surface area contributed by atoms with E-state index in [1.807, 2.05) is 13.1 Å². The second-order valence-electron chi connectivity index (χ2n) is 7.25. The van der Waals surface area contributed by atoms with Crippen molar-refractivity contribution in [3.05, 3.63) is 23.0 Å². The number of hydrogen-bond donors (Lipinski definition) is 1. The summed E-state index contributed by atoms with van der Waals surface area (Å²) >= 11 is 0. The molecule has 2 aliphatic rings. The normalized spacial score (nSPS) is 20.8. The number of hydrogen-bond acceptors (Lipinski definition) is 5. The van der Waals surface area contributed by atoms with Crippen LogP contribution in [0.5, 0.6) is 5.75 Å². The van der Waals surface area contributed by atoms with E-state index in [0.717, 1.165) is 74.5 Å². The van der Waals surface area contributed by atoms with E-state index in [9.17, 15) is 0 Å². The van der Waals surface area contributed by atoms with E-state index in [2.05, 4.69) is 33.9 Å². The number of rotatable bonds is 5. The highest BCUT2D eigenvalue weighted by molar-refractivity contribution is 14.0. The molecular formula is C20H34IN5O2. The lowest BCUT2D eigenvalue weighted by Crippen LogP contribution is -2.46. The summed E-state index contributed by atoms with van der Waals surface area (Å²) < 4.78 is 11.0. The van der Waals surface area contributed by atoms with Gasteiger partial charge in [0.05, 0.1) is 32.6 Å². The molecule has 1 aromatic rings. The van der Waals surface area contributed by atoms with Gasteiger partial charge < -0.3 is 19.7 Å². The average Bonchev–Trinajstić information content (AvgIpc) is 3.17. The lowest BCUT2D eigenvalue weighted by molar-refractivity contribution is 0.0195. The van der Waals surface area contributed by atoms with Crippen LogP contribution in [0.2, 0.25) is 0 Å². The minimum atomic E-state index is 0. The predicted octanol–water partition coefficient (Wildman–Crippen LogP) is 2.20. The SMILES string of the molecule is CCNC(=NCc1ncc(C)c(OC)c1C)N1CCC(N2CCOCC2)C1.I. The highest BCUT2D eigenvalue weighted by Crippen LogP contribution is 2.24. The summed E-state index contributed by atoms with van der Waals surface area (Å²) in [6.45, 7) is 13.5. The maximum atomic E-state index is 5.52. The molecule has 2 fully saturated rings. The Balaban J connectivity index is 0.00000280. The topological polar surface area (TPSA) is 62.2 Å². The van der Waals surface area contributed by atoms with Crippen LogP contribution in [0.3, 0.4) is 0 Å². The van der Waals surface area contributed by atoms with Crippen LogP contribution >= 0.6 is 24.0 Å². The smallest absolute Gasteiger partial charge is 0.194 e. The molecule has 2 saturated heterocycles. The van der Waals surface area contributed by atoms with Gasteiger partial charge in [0.1, 0.15) is 5.75 Å². The van der Waals surface area contributed by atoms with Crippen LogP contribution in [0.1, 0.15) is 30.2 Å². The van der Waals surface area contributed by atoms with Crippen LogP contribution in [-0.2, 0) is 11.3 Å². The summed E-state index contributed by atoms with van der Waals surface area (Å²) in [7, 11) is 1.71. The van der Waals surface area contributed by atoms with Crippen molar-refractivity contribution in [3.8, 4) is 5.75 Å². The summed E-state index contributed by atoms with van der Waals surface area (Å²) in [5.41, 5.74) is 3.10. The largest absolute Gasteiger partial charge is 0.496 e. The standard InChI is InChI=1S/C20H33N5O2.HI/c1-5-21-20(23-13-18-16(3)19(26-4)15(2)12-22-18)25-7-6-17(14-25)24-8-10-27-11-9-24;/h12,17H,5-11,13-14H2,1-4H3,(H,21,23);1H. The summed E-state index contributed by atoms with van der Waals surface area (Å²) in [5.74, 6) is 1.89. The molecule has 1 aromatic heterocycles. The van der Waals surface area contributed by atoms with Crippen molar-refractivity contribution in [3.63, 3.8) is 0 Å². The van der Waals surface area contributed by atoms with Gasteiger partial charge in [0, 0.05) is 56.1 Å². The van der Waals surface area contributed by atoms with Crippen LogP contribution in [-0.4, -0.2) is 79.8 Å². The molecule has 2 aliphatic heterocycles. The third kappa shape index (κ3) is 5.48. The molecule has 0 aromatic carbocycles. The molecule has 0 radical (unpaired) electrons. The first-order chi connectivity index (χ1) is 13.1. The van der Waals surface area contributed by atoms with E-state index >= 15 is 0 Å². The fourth-order valence-electron chi connectivity index (χ4n) is 3.98. The number of nitrogens with one attached hydrogen (secondary N) is 1. The zero-order chi connectivity index (χ0) is 19.2. The van der Waals surface area contributed by atoms with Crippen molar-refractivity contribution < 1.29 is 9.47 Å². The van der Waals surface area contributed by atoms with Crippen LogP contribution in [0.25, 0.3) is 0 Å². The van der Waals surface area contributed by atoms with Gasteiger partial charge in [-0.25, -0.2) is 4.99 Å². The first-order valence-corrected chi connectivity index (χ1v) is 9.98. The maximum Gasteiger partial charge on any atom is 0.194 e. The number of aliphatic imine (C=N–C) groups is 1. The molecule has 8 heteroatoms. The summed E-state index contributed by atoms with van der Waals surface area (Å²) in [6, 6.07) is 0.595. The quantitative estimate of drug-likeness (QED) is 0.378. The zero-order valence-electron chi connectivity index (χ0n) is 17.5. The van der Waals surface area contributed by atoms with Gasteiger partial charge >= 0.3 is 0 Å². The molecule has 0 saturated carbocycles. The van der Waals surface area contributed by atoms with Crippen molar-refractivity contribution >= 4 is 29.9 Å². The van der Waals surface area contributed by atoms with Gasteiger partial charge in [-0.05, 0) is 27.2 Å². The van der Waals surface area contributed by atoms with Crippen LogP contribution in [0, 0.1) is 13.8 Å². The van der Waals surface area contributed by atoms with Crippen LogP contribution < -0.4 is 10.1 Å². The number of pyridine rings is 1. The third-order valence-corrected chi connectivity index (χ3v) is 5.49. The second kappa shape index (κ2) is 11.2. The first-order valence-electron chi connectivity index (χ1n) is 9.98. The van der Waals surface area contributed by atoms with Gasteiger partial charge in [-0.1, -0.05) is 0 Å². The first kappa shape index (κ1) is 23.2. The third-order valence-electron chi connectivity index (χ3n) is 5.49. The Labute approximate surface area is 185 Å². The van der Waals surface area contributed by atoms with Crippen LogP contribution in [0.15, 0.2) is 11.2 Å². The van der Waals surface area contributed by atoms with E-state index in [1.54, 1.807) is 7.11 Å². The monoisotopic (exact) mass is 503 g/mol. The number of aryl methyl sites for hydroxylation is 1. The van der Waals surface area contributed by atoms with Gasteiger partial charge in [0.15, 0.2) is 5.96 Å². The number of likely N-dealkylation sites (tertiary alicyclic amines) is 1. The van der Waals surface area contributed by atoms with Crippen molar-refractivity contribution in [2.75, 3.05) is 53.0 Å². The van der Waals surface area contributed by atoms with Crippen molar-refractivity contribution in [2.45, 2.75) is 39.8 Å². The molecule has 7 nitrogen and oxygen atoms in total. The number of morpholine rings is 1. The van der Waals surface area contributed by atoms with E-state index in [1.165, 1.54) is 6.42 Å². The zero-order valence-corrected chi connectivity index (χ0v) is 19.9. The van der Waals surface area contributed by atoms with Crippen molar-refractivity contribution in [1.29, 1.82) is 0 Å². The summed E-state index contributed by atoms with van der Waals surface area (Å²) in [6.07, 6.45) is 3.05. The van der Waals surface area contributed by atoms with Gasteiger partial charge in [-0.3, -0.25) is 9.88 Å². The Morgan fingerprint density at radius 1 is 1.32 bits per heavy atom.